The lowest BCUT2D eigenvalue weighted by Gasteiger charge is -2.44. The molecule has 20 heavy (non-hydrogen) atoms. The summed E-state index contributed by atoms with van der Waals surface area (Å²) in [5.41, 5.74) is 2.45. The second-order valence-electron chi connectivity index (χ2n) is 6.97. The Morgan fingerprint density at radius 1 is 1.35 bits per heavy atom. The fraction of sp³-hybridized carbons (Fsp3) is 0.812. The summed E-state index contributed by atoms with van der Waals surface area (Å²) in [5.74, 6) is 1.38. The van der Waals surface area contributed by atoms with Gasteiger partial charge in [-0.25, -0.2) is 0 Å². The molecule has 2 rings (SSSR count). The van der Waals surface area contributed by atoms with Crippen molar-refractivity contribution in [2.24, 2.45) is 18.9 Å². The van der Waals surface area contributed by atoms with Crippen molar-refractivity contribution in [2.75, 3.05) is 18.0 Å². The van der Waals surface area contributed by atoms with Crippen LogP contribution in [0.2, 0.25) is 0 Å². The van der Waals surface area contributed by atoms with Gasteiger partial charge >= 0.3 is 0 Å². The predicted octanol–water partition coefficient (Wildman–Crippen LogP) is 2.58. The molecule has 1 fully saturated rings. The SMILES string of the molecule is Cc1nn(C)cc1N1CC(CC(C)C)NCC1C(C)C. The van der Waals surface area contributed by atoms with E-state index in [1.54, 1.807) is 0 Å². The fourth-order valence-electron chi connectivity index (χ4n) is 3.30. The Labute approximate surface area is 123 Å². The van der Waals surface area contributed by atoms with E-state index in [-0.39, 0.29) is 0 Å². The third-order valence-corrected chi connectivity index (χ3v) is 4.26. The molecule has 1 aliphatic heterocycles. The lowest BCUT2D eigenvalue weighted by molar-refractivity contribution is 0.310. The van der Waals surface area contributed by atoms with E-state index in [2.05, 4.69) is 56.1 Å². The summed E-state index contributed by atoms with van der Waals surface area (Å²) in [6, 6.07) is 1.14. The second kappa shape index (κ2) is 6.17. The summed E-state index contributed by atoms with van der Waals surface area (Å²) in [6.07, 6.45) is 3.41. The van der Waals surface area contributed by atoms with E-state index in [4.69, 9.17) is 0 Å². The van der Waals surface area contributed by atoms with Crippen LogP contribution in [-0.2, 0) is 7.05 Å². The first kappa shape index (κ1) is 15.4. The largest absolute Gasteiger partial charge is 0.363 e. The molecule has 4 heteroatoms. The summed E-state index contributed by atoms with van der Waals surface area (Å²) in [6.45, 7) is 13.5. The lowest BCUT2D eigenvalue weighted by atomic mass is 9.94. The zero-order valence-electron chi connectivity index (χ0n) is 13.8. The van der Waals surface area contributed by atoms with Crippen LogP contribution in [0.25, 0.3) is 0 Å². The number of nitrogens with zero attached hydrogens (tertiary/aromatic N) is 3. The molecule has 1 saturated heterocycles. The van der Waals surface area contributed by atoms with Crippen LogP contribution in [-0.4, -0.2) is 35.0 Å². The highest BCUT2D eigenvalue weighted by Gasteiger charge is 2.31. The maximum atomic E-state index is 4.52. The Balaban J connectivity index is 2.21. The lowest BCUT2D eigenvalue weighted by Crippen LogP contribution is -2.58. The Bertz CT molecular complexity index is 436. The summed E-state index contributed by atoms with van der Waals surface area (Å²) in [4.78, 5) is 2.58. The van der Waals surface area contributed by atoms with Crippen LogP contribution in [0.3, 0.4) is 0 Å². The first-order valence-electron chi connectivity index (χ1n) is 7.88. The molecule has 1 aromatic rings. The zero-order chi connectivity index (χ0) is 14.9. The predicted molar refractivity (Wildman–Crippen MR) is 85.2 cm³/mol. The smallest absolute Gasteiger partial charge is 0.0827 e. The Morgan fingerprint density at radius 3 is 2.55 bits per heavy atom. The number of nitrogens with one attached hydrogen (secondary N) is 1. The van der Waals surface area contributed by atoms with E-state index in [9.17, 15) is 0 Å². The molecule has 0 bridgehead atoms. The van der Waals surface area contributed by atoms with Crippen LogP contribution in [0.15, 0.2) is 6.20 Å². The normalized spacial score (nSPS) is 23.9. The van der Waals surface area contributed by atoms with Gasteiger partial charge in [0.15, 0.2) is 0 Å². The quantitative estimate of drug-likeness (QED) is 0.919. The van der Waals surface area contributed by atoms with Gasteiger partial charge in [-0.2, -0.15) is 5.10 Å². The molecule has 4 nitrogen and oxygen atoms in total. The van der Waals surface area contributed by atoms with E-state index in [0.717, 1.165) is 24.7 Å². The van der Waals surface area contributed by atoms with Gasteiger partial charge < -0.3 is 10.2 Å². The topological polar surface area (TPSA) is 33.1 Å². The number of piperazine rings is 1. The van der Waals surface area contributed by atoms with Crippen LogP contribution in [0.4, 0.5) is 5.69 Å². The molecule has 114 valence electrons. The summed E-state index contributed by atoms with van der Waals surface area (Å²) in [5, 5.41) is 8.26. The molecule has 2 heterocycles. The summed E-state index contributed by atoms with van der Waals surface area (Å²) in [7, 11) is 2.01. The third kappa shape index (κ3) is 3.35. The molecule has 0 amide bonds. The maximum absolute atomic E-state index is 4.52. The monoisotopic (exact) mass is 278 g/mol. The number of rotatable bonds is 4. The van der Waals surface area contributed by atoms with Crippen molar-refractivity contribution in [1.82, 2.24) is 15.1 Å². The van der Waals surface area contributed by atoms with Gasteiger partial charge in [0.25, 0.3) is 0 Å². The Hall–Kier alpha value is -1.03. The Morgan fingerprint density at radius 2 is 2.05 bits per heavy atom. The van der Waals surface area contributed by atoms with Gasteiger partial charge in [0.05, 0.1) is 11.4 Å². The maximum Gasteiger partial charge on any atom is 0.0827 e. The van der Waals surface area contributed by atoms with Crippen molar-refractivity contribution in [3.05, 3.63) is 11.9 Å². The van der Waals surface area contributed by atoms with Gasteiger partial charge in [0.2, 0.25) is 0 Å². The van der Waals surface area contributed by atoms with E-state index in [1.165, 1.54) is 12.1 Å². The third-order valence-electron chi connectivity index (χ3n) is 4.26. The highest BCUT2D eigenvalue weighted by molar-refractivity contribution is 5.51. The molecule has 0 aliphatic carbocycles. The molecule has 2 unspecified atom stereocenters. The minimum absolute atomic E-state index is 0.557. The standard InChI is InChI=1S/C16H30N4/c1-11(2)7-14-9-20(15(8-17-14)12(3)4)16-10-19(6)18-13(16)5/h10-12,14-15,17H,7-9H2,1-6H3. The fourth-order valence-corrected chi connectivity index (χ4v) is 3.30. The average molecular weight is 278 g/mol. The first-order valence-corrected chi connectivity index (χ1v) is 7.88. The van der Waals surface area contributed by atoms with Crippen molar-refractivity contribution >= 4 is 5.69 Å². The molecule has 0 radical (unpaired) electrons. The van der Waals surface area contributed by atoms with Crippen molar-refractivity contribution < 1.29 is 0 Å². The molecule has 1 N–H and O–H groups in total. The summed E-state index contributed by atoms with van der Waals surface area (Å²) >= 11 is 0. The molecule has 0 spiro atoms. The molecule has 2 atom stereocenters. The highest BCUT2D eigenvalue weighted by Crippen LogP contribution is 2.27. The van der Waals surface area contributed by atoms with Gasteiger partial charge in [-0.3, -0.25) is 4.68 Å². The van der Waals surface area contributed by atoms with Crippen LogP contribution >= 0.6 is 0 Å². The second-order valence-corrected chi connectivity index (χ2v) is 6.97. The number of hydrogen-bond donors (Lipinski definition) is 1. The van der Waals surface area contributed by atoms with E-state index in [0.29, 0.717) is 18.0 Å². The van der Waals surface area contributed by atoms with Crippen molar-refractivity contribution in [3.63, 3.8) is 0 Å². The van der Waals surface area contributed by atoms with E-state index in [1.807, 2.05) is 11.7 Å². The van der Waals surface area contributed by atoms with Gasteiger partial charge in [-0.05, 0) is 25.2 Å². The van der Waals surface area contributed by atoms with Gasteiger partial charge in [-0.1, -0.05) is 27.7 Å². The van der Waals surface area contributed by atoms with Crippen molar-refractivity contribution in [2.45, 2.75) is 53.1 Å². The summed E-state index contributed by atoms with van der Waals surface area (Å²) < 4.78 is 1.93. The molecular weight excluding hydrogens is 248 g/mol. The van der Waals surface area contributed by atoms with E-state index >= 15 is 0 Å². The number of aryl methyl sites for hydroxylation is 2. The minimum Gasteiger partial charge on any atom is -0.363 e. The number of hydrogen-bond acceptors (Lipinski definition) is 3. The number of anilines is 1. The molecule has 0 saturated carbocycles. The van der Waals surface area contributed by atoms with Gasteiger partial charge in [0, 0.05) is 38.4 Å². The average Bonchev–Trinajstić information content (AvgIpc) is 2.67. The molecule has 1 aromatic heterocycles. The minimum atomic E-state index is 0.557. The van der Waals surface area contributed by atoms with Crippen molar-refractivity contribution in [1.29, 1.82) is 0 Å². The number of aromatic nitrogens is 2. The first-order chi connectivity index (χ1) is 9.38. The molecule has 1 aliphatic rings. The van der Waals surface area contributed by atoms with Crippen LogP contribution < -0.4 is 10.2 Å². The van der Waals surface area contributed by atoms with Crippen molar-refractivity contribution in [3.8, 4) is 0 Å². The van der Waals surface area contributed by atoms with Gasteiger partial charge in [0.1, 0.15) is 0 Å². The van der Waals surface area contributed by atoms with Crippen LogP contribution in [0.5, 0.6) is 0 Å². The van der Waals surface area contributed by atoms with Gasteiger partial charge in [-0.15, -0.1) is 0 Å². The van der Waals surface area contributed by atoms with E-state index < -0.39 is 0 Å². The highest BCUT2D eigenvalue weighted by atomic mass is 15.3. The zero-order valence-corrected chi connectivity index (χ0v) is 13.8. The van der Waals surface area contributed by atoms with Crippen LogP contribution in [0.1, 0.15) is 39.8 Å². The molecular formula is C16H30N4. The van der Waals surface area contributed by atoms with Crippen LogP contribution in [0, 0.1) is 18.8 Å². The Kier molecular flexibility index (Phi) is 4.74. The molecule has 0 aromatic carbocycles.